The first-order valence-electron chi connectivity index (χ1n) is 6.69. The van der Waals surface area contributed by atoms with Gasteiger partial charge in [-0.25, -0.2) is 0 Å². The Morgan fingerprint density at radius 1 is 1.24 bits per heavy atom. The summed E-state index contributed by atoms with van der Waals surface area (Å²) in [5, 5.41) is 8.82. The number of ether oxygens (including phenoxy) is 1. The quantitative estimate of drug-likeness (QED) is 0.856. The molecule has 4 nitrogen and oxygen atoms in total. The normalized spacial score (nSPS) is 10.3. The largest absolute Gasteiger partial charge is 0.495 e. The lowest BCUT2D eigenvalue weighted by atomic mass is 10.1. The molecule has 0 saturated heterocycles. The average molecular weight is 285 g/mol. The van der Waals surface area contributed by atoms with E-state index in [1.807, 2.05) is 24.3 Å². The number of furan rings is 1. The fourth-order valence-electron chi connectivity index (χ4n) is 2.15. The van der Waals surface area contributed by atoms with Crippen molar-refractivity contribution in [3.05, 3.63) is 53.5 Å². The molecule has 110 valence electrons. The Labute approximate surface area is 125 Å². The lowest BCUT2D eigenvalue weighted by Crippen LogP contribution is -2.16. The molecule has 0 radical (unpaired) electrons. The summed E-state index contributed by atoms with van der Waals surface area (Å²) in [5.74, 6) is 6.29. The number of aliphatic hydroxyl groups is 1. The molecule has 1 aromatic heterocycles. The van der Waals surface area contributed by atoms with Crippen molar-refractivity contribution in [2.75, 3.05) is 20.8 Å². The third kappa shape index (κ3) is 4.38. The van der Waals surface area contributed by atoms with Gasteiger partial charge in [0.05, 0.1) is 25.2 Å². The van der Waals surface area contributed by atoms with Crippen LogP contribution >= 0.6 is 0 Å². The molecule has 0 unspecified atom stereocenters. The number of hydrogen-bond donors (Lipinski definition) is 1. The second-order valence-corrected chi connectivity index (χ2v) is 4.80. The predicted octanol–water partition coefficient (Wildman–Crippen LogP) is 2.26. The van der Waals surface area contributed by atoms with E-state index in [0.29, 0.717) is 0 Å². The van der Waals surface area contributed by atoms with E-state index >= 15 is 0 Å². The summed E-state index contributed by atoms with van der Waals surface area (Å²) < 4.78 is 10.4. The van der Waals surface area contributed by atoms with Crippen molar-refractivity contribution >= 4 is 0 Å². The van der Waals surface area contributed by atoms with E-state index in [9.17, 15) is 0 Å². The molecule has 1 aromatic carbocycles. The Hall–Kier alpha value is -2.22. The Morgan fingerprint density at radius 3 is 2.71 bits per heavy atom. The van der Waals surface area contributed by atoms with Gasteiger partial charge >= 0.3 is 0 Å². The van der Waals surface area contributed by atoms with Crippen LogP contribution in [-0.2, 0) is 13.1 Å². The smallest absolute Gasteiger partial charge is 0.134 e. The van der Waals surface area contributed by atoms with Gasteiger partial charge in [-0.1, -0.05) is 17.9 Å². The van der Waals surface area contributed by atoms with Crippen LogP contribution in [0.15, 0.2) is 41.2 Å². The van der Waals surface area contributed by atoms with Crippen LogP contribution in [0.2, 0.25) is 0 Å². The van der Waals surface area contributed by atoms with Crippen molar-refractivity contribution in [2.24, 2.45) is 0 Å². The van der Waals surface area contributed by atoms with Crippen molar-refractivity contribution in [2.45, 2.75) is 13.1 Å². The first-order valence-corrected chi connectivity index (χ1v) is 6.69. The summed E-state index contributed by atoms with van der Waals surface area (Å²) in [7, 11) is 3.67. The zero-order valence-corrected chi connectivity index (χ0v) is 12.3. The highest BCUT2D eigenvalue weighted by Crippen LogP contribution is 2.20. The Morgan fingerprint density at radius 2 is 2.05 bits per heavy atom. The van der Waals surface area contributed by atoms with Gasteiger partial charge in [0, 0.05) is 18.7 Å². The number of rotatable bonds is 5. The Kier molecular flexibility index (Phi) is 5.44. The Balaban J connectivity index is 2.09. The molecule has 0 spiro atoms. The van der Waals surface area contributed by atoms with Gasteiger partial charge in [0.2, 0.25) is 0 Å². The Bertz CT molecular complexity index is 623. The van der Waals surface area contributed by atoms with Crippen molar-refractivity contribution in [1.82, 2.24) is 4.90 Å². The number of benzene rings is 1. The first kappa shape index (κ1) is 15.2. The van der Waals surface area contributed by atoms with Crippen LogP contribution in [-0.4, -0.2) is 30.8 Å². The van der Waals surface area contributed by atoms with Crippen LogP contribution in [0.5, 0.6) is 5.75 Å². The van der Waals surface area contributed by atoms with Crippen molar-refractivity contribution in [3.8, 4) is 17.6 Å². The monoisotopic (exact) mass is 285 g/mol. The van der Waals surface area contributed by atoms with Gasteiger partial charge in [0.15, 0.2) is 0 Å². The van der Waals surface area contributed by atoms with E-state index in [4.69, 9.17) is 14.3 Å². The van der Waals surface area contributed by atoms with Crippen molar-refractivity contribution in [1.29, 1.82) is 0 Å². The molecule has 1 N–H and O–H groups in total. The minimum Gasteiger partial charge on any atom is -0.495 e. The molecule has 1 heterocycles. The third-order valence-corrected chi connectivity index (χ3v) is 3.05. The first-order chi connectivity index (χ1) is 10.2. The summed E-state index contributed by atoms with van der Waals surface area (Å²) in [6, 6.07) is 7.88. The second kappa shape index (κ2) is 7.53. The summed E-state index contributed by atoms with van der Waals surface area (Å²) in [6.07, 6.45) is 3.43. The van der Waals surface area contributed by atoms with Crippen LogP contribution < -0.4 is 4.74 Å². The second-order valence-electron chi connectivity index (χ2n) is 4.80. The lowest BCUT2D eigenvalue weighted by Gasteiger charge is -2.16. The van der Waals surface area contributed by atoms with Crippen molar-refractivity contribution < 1.29 is 14.3 Å². The minimum absolute atomic E-state index is 0.159. The molecule has 0 amide bonds. The van der Waals surface area contributed by atoms with Crippen LogP contribution in [0.25, 0.3) is 0 Å². The van der Waals surface area contributed by atoms with Gasteiger partial charge in [-0.15, -0.1) is 0 Å². The molecule has 0 atom stereocenters. The van der Waals surface area contributed by atoms with Gasteiger partial charge in [0.1, 0.15) is 12.4 Å². The molecule has 0 saturated carbocycles. The third-order valence-electron chi connectivity index (χ3n) is 3.05. The van der Waals surface area contributed by atoms with Gasteiger partial charge in [-0.3, -0.25) is 4.90 Å². The predicted molar refractivity (Wildman–Crippen MR) is 80.8 cm³/mol. The molecular formula is C17H19NO3. The lowest BCUT2D eigenvalue weighted by molar-refractivity contribution is 0.317. The molecule has 0 fully saturated rings. The van der Waals surface area contributed by atoms with E-state index in [1.165, 1.54) is 0 Å². The summed E-state index contributed by atoms with van der Waals surface area (Å²) in [4.78, 5) is 2.19. The highest BCUT2D eigenvalue weighted by atomic mass is 16.5. The molecule has 4 heteroatoms. The van der Waals surface area contributed by atoms with Crippen LogP contribution in [0.4, 0.5) is 0 Å². The zero-order valence-electron chi connectivity index (χ0n) is 12.3. The minimum atomic E-state index is -0.159. The highest BCUT2D eigenvalue weighted by molar-refractivity contribution is 5.48. The van der Waals surface area contributed by atoms with Gasteiger partial charge in [-0.2, -0.15) is 0 Å². The van der Waals surface area contributed by atoms with Gasteiger partial charge in [-0.05, 0) is 30.8 Å². The molecule has 21 heavy (non-hydrogen) atoms. The standard InChI is InChI=1S/C17H19NO3/c1-18(12-15-7-9-21-13-15)11-14-5-6-17(20-2)16(10-14)4-3-8-19/h5-7,9-10,13,19H,8,11-12H2,1-2H3. The molecule has 0 aliphatic carbocycles. The van der Waals surface area contributed by atoms with E-state index in [-0.39, 0.29) is 6.61 Å². The maximum Gasteiger partial charge on any atom is 0.134 e. The SMILES string of the molecule is COc1ccc(CN(C)Cc2ccoc2)cc1C#CCO. The van der Waals surface area contributed by atoms with E-state index in [2.05, 4.69) is 23.8 Å². The van der Waals surface area contributed by atoms with Crippen LogP contribution in [0.1, 0.15) is 16.7 Å². The number of aliphatic hydroxyl groups excluding tert-OH is 1. The maximum atomic E-state index is 8.82. The molecular weight excluding hydrogens is 266 g/mol. The molecule has 0 aliphatic heterocycles. The summed E-state index contributed by atoms with van der Waals surface area (Å²) >= 11 is 0. The molecule has 2 rings (SSSR count). The van der Waals surface area contributed by atoms with Gasteiger partial charge < -0.3 is 14.3 Å². The summed E-state index contributed by atoms with van der Waals surface area (Å²) in [6.45, 7) is 1.46. The fraction of sp³-hybridized carbons (Fsp3) is 0.294. The fourth-order valence-corrected chi connectivity index (χ4v) is 2.15. The molecule has 2 aromatic rings. The molecule has 0 aliphatic rings. The zero-order chi connectivity index (χ0) is 15.1. The highest BCUT2D eigenvalue weighted by Gasteiger charge is 2.06. The van der Waals surface area contributed by atoms with E-state index in [1.54, 1.807) is 19.6 Å². The molecule has 0 bridgehead atoms. The number of nitrogens with zero attached hydrogens (tertiary/aromatic N) is 1. The number of hydrogen-bond acceptors (Lipinski definition) is 4. The van der Waals surface area contributed by atoms with E-state index < -0.39 is 0 Å². The topological polar surface area (TPSA) is 45.8 Å². The summed E-state index contributed by atoms with van der Waals surface area (Å²) in [5.41, 5.74) is 3.08. The average Bonchev–Trinajstić information content (AvgIpc) is 2.98. The number of methoxy groups -OCH3 is 1. The van der Waals surface area contributed by atoms with Gasteiger partial charge in [0.25, 0.3) is 0 Å². The van der Waals surface area contributed by atoms with Crippen LogP contribution in [0, 0.1) is 11.8 Å². The maximum absolute atomic E-state index is 8.82. The van der Waals surface area contributed by atoms with Crippen LogP contribution in [0.3, 0.4) is 0 Å². The van der Waals surface area contributed by atoms with E-state index in [0.717, 1.165) is 35.5 Å². The van der Waals surface area contributed by atoms with Crippen molar-refractivity contribution in [3.63, 3.8) is 0 Å².